The van der Waals surface area contributed by atoms with Gasteiger partial charge in [0.25, 0.3) is 5.91 Å². The Balaban J connectivity index is 1.64. The normalized spacial score (nSPS) is 11.1. The van der Waals surface area contributed by atoms with Crippen LogP contribution in [0.5, 0.6) is 0 Å². The van der Waals surface area contributed by atoms with Crippen LogP contribution in [0.2, 0.25) is 0 Å². The maximum atomic E-state index is 13.3. The number of fused-ring (bicyclic) bond motifs is 1. The maximum Gasteiger partial charge on any atom is 0.255 e. The quantitative estimate of drug-likeness (QED) is 0.490. The number of rotatable bonds is 4. The zero-order chi connectivity index (χ0) is 21.4. The number of aromatic nitrogens is 3. The summed E-state index contributed by atoms with van der Waals surface area (Å²) in [6.07, 6.45) is 0. The third-order valence-corrected chi connectivity index (χ3v) is 5.58. The van der Waals surface area contributed by atoms with Crippen molar-refractivity contribution in [3.8, 4) is 5.69 Å². The second-order valence-electron chi connectivity index (χ2n) is 7.88. The van der Waals surface area contributed by atoms with E-state index in [2.05, 4.69) is 11.1 Å². The fourth-order valence-corrected chi connectivity index (χ4v) is 3.85. The molecular formula is C25H26N4O. The monoisotopic (exact) mass is 398 g/mol. The Morgan fingerprint density at radius 2 is 1.70 bits per heavy atom. The van der Waals surface area contributed by atoms with Gasteiger partial charge in [-0.2, -0.15) is 5.10 Å². The lowest BCUT2D eigenvalue weighted by Gasteiger charge is -2.19. The second-order valence-corrected chi connectivity index (χ2v) is 7.88. The number of aryl methyl sites for hydroxylation is 3. The smallest absolute Gasteiger partial charge is 0.255 e. The Morgan fingerprint density at radius 3 is 2.43 bits per heavy atom. The van der Waals surface area contributed by atoms with Gasteiger partial charge in [-0.25, -0.2) is 4.68 Å². The van der Waals surface area contributed by atoms with Gasteiger partial charge in [0.05, 0.1) is 28.2 Å². The minimum Gasteiger partial charge on any atom is -0.337 e. The number of benzene rings is 2. The molecule has 30 heavy (non-hydrogen) atoms. The Labute approximate surface area is 177 Å². The number of pyridine rings is 1. The van der Waals surface area contributed by atoms with Crippen LogP contribution in [0.1, 0.15) is 38.6 Å². The van der Waals surface area contributed by atoms with E-state index in [4.69, 9.17) is 5.10 Å². The van der Waals surface area contributed by atoms with Gasteiger partial charge >= 0.3 is 0 Å². The first-order chi connectivity index (χ1) is 14.3. The number of carbonyl (C=O) groups is 1. The molecule has 0 saturated heterocycles. The van der Waals surface area contributed by atoms with Crippen LogP contribution in [0, 0.1) is 27.7 Å². The summed E-state index contributed by atoms with van der Waals surface area (Å²) in [7, 11) is 1.83. The highest BCUT2D eigenvalue weighted by Gasteiger charge is 2.20. The molecule has 1 amide bonds. The van der Waals surface area contributed by atoms with Crippen molar-refractivity contribution in [2.45, 2.75) is 34.2 Å². The van der Waals surface area contributed by atoms with E-state index in [9.17, 15) is 4.79 Å². The number of hydrogen-bond donors (Lipinski definition) is 0. The van der Waals surface area contributed by atoms with Crippen molar-refractivity contribution in [1.29, 1.82) is 0 Å². The lowest BCUT2D eigenvalue weighted by atomic mass is 10.1. The summed E-state index contributed by atoms with van der Waals surface area (Å²) in [5.41, 5.74) is 7.51. The van der Waals surface area contributed by atoms with E-state index in [1.54, 1.807) is 4.90 Å². The predicted molar refractivity (Wildman–Crippen MR) is 120 cm³/mol. The van der Waals surface area contributed by atoms with Crippen LogP contribution in [-0.4, -0.2) is 32.6 Å². The van der Waals surface area contributed by atoms with Crippen LogP contribution in [0.25, 0.3) is 16.6 Å². The highest BCUT2D eigenvalue weighted by molar-refractivity contribution is 5.98. The highest BCUT2D eigenvalue weighted by Crippen LogP contribution is 2.22. The first kappa shape index (κ1) is 19.8. The molecule has 0 aliphatic heterocycles. The van der Waals surface area contributed by atoms with E-state index in [1.165, 1.54) is 0 Å². The molecule has 2 aromatic heterocycles. The summed E-state index contributed by atoms with van der Waals surface area (Å²) in [6, 6.07) is 18.1. The van der Waals surface area contributed by atoms with E-state index >= 15 is 0 Å². The standard InChI is InChI=1S/C25H26N4O/c1-16-11-12-24-20(13-16)14-22(17(2)26-24)25(30)28(5)15-23-18(3)27-29(19(23)4)21-9-7-6-8-10-21/h6-14H,15H2,1-5H3. The lowest BCUT2D eigenvalue weighted by molar-refractivity contribution is 0.0783. The van der Waals surface area contributed by atoms with E-state index in [0.717, 1.165) is 44.8 Å². The predicted octanol–water partition coefficient (Wildman–Crippen LogP) is 4.93. The fraction of sp³-hybridized carbons (Fsp3) is 0.240. The molecule has 5 heteroatoms. The molecule has 0 saturated carbocycles. The number of amides is 1. The highest BCUT2D eigenvalue weighted by atomic mass is 16.2. The number of carbonyl (C=O) groups excluding carboxylic acids is 1. The van der Waals surface area contributed by atoms with Crippen molar-refractivity contribution in [2.75, 3.05) is 7.05 Å². The molecule has 2 aromatic carbocycles. The Bertz CT molecular complexity index is 1240. The van der Waals surface area contributed by atoms with Gasteiger partial charge in [0.2, 0.25) is 0 Å². The summed E-state index contributed by atoms with van der Waals surface area (Å²) < 4.78 is 1.94. The van der Waals surface area contributed by atoms with Crippen molar-refractivity contribution in [2.24, 2.45) is 0 Å². The van der Waals surface area contributed by atoms with E-state index in [1.807, 2.05) is 88.0 Å². The first-order valence-corrected chi connectivity index (χ1v) is 10.1. The third-order valence-electron chi connectivity index (χ3n) is 5.58. The lowest BCUT2D eigenvalue weighted by Crippen LogP contribution is -2.27. The van der Waals surface area contributed by atoms with Crippen LogP contribution in [0.15, 0.2) is 54.6 Å². The van der Waals surface area contributed by atoms with E-state index in [0.29, 0.717) is 12.1 Å². The Kier molecular flexibility index (Phi) is 5.12. The van der Waals surface area contributed by atoms with Gasteiger partial charge in [0, 0.05) is 30.2 Å². The van der Waals surface area contributed by atoms with Crippen molar-refractivity contribution in [3.05, 3.63) is 88.4 Å². The van der Waals surface area contributed by atoms with E-state index in [-0.39, 0.29) is 5.91 Å². The molecule has 2 heterocycles. The topological polar surface area (TPSA) is 51.0 Å². The molecule has 0 fully saturated rings. The van der Waals surface area contributed by atoms with Crippen LogP contribution in [0.3, 0.4) is 0 Å². The van der Waals surface area contributed by atoms with Crippen molar-refractivity contribution in [1.82, 2.24) is 19.7 Å². The largest absolute Gasteiger partial charge is 0.337 e. The molecule has 0 radical (unpaired) electrons. The van der Waals surface area contributed by atoms with Crippen LogP contribution >= 0.6 is 0 Å². The summed E-state index contributed by atoms with van der Waals surface area (Å²) in [4.78, 5) is 19.6. The molecule has 0 aliphatic carbocycles. The van der Waals surface area contributed by atoms with E-state index < -0.39 is 0 Å². The van der Waals surface area contributed by atoms with Crippen LogP contribution in [0.4, 0.5) is 0 Å². The first-order valence-electron chi connectivity index (χ1n) is 10.1. The van der Waals surface area contributed by atoms with Crippen LogP contribution < -0.4 is 0 Å². The van der Waals surface area contributed by atoms with Gasteiger partial charge in [-0.1, -0.05) is 29.8 Å². The summed E-state index contributed by atoms with van der Waals surface area (Å²) in [5.74, 6) is -0.0327. The minimum atomic E-state index is -0.0327. The molecule has 0 bridgehead atoms. The van der Waals surface area contributed by atoms with Crippen molar-refractivity contribution in [3.63, 3.8) is 0 Å². The SMILES string of the molecule is Cc1ccc2nc(C)c(C(=O)N(C)Cc3c(C)nn(-c4ccccc4)c3C)cc2c1. The Morgan fingerprint density at radius 1 is 0.967 bits per heavy atom. The molecule has 152 valence electrons. The van der Waals surface area contributed by atoms with Gasteiger partial charge in [0.15, 0.2) is 0 Å². The molecule has 4 aromatic rings. The molecular weight excluding hydrogens is 372 g/mol. The van der Waals surface area contributed by atoms with Crippen molar-refractivity contribution < 1.29 is 4.79 Å². The molecule has 5 nitrogen and oxygen atoms in total. The Hall–Kier alpha value is -3.47. The summed E-state index contributed by atoms with van der Waals surface area (Å²) >= 11 is 0. The molecule has 0 aliphatic rings. The molecule has 0 N–H and O–H groups in total. The third kappa shape index (κ3) is 3.59. The summed E-state index contributed by atoms with van der Waals surface area (Å²) in [6.45, 7) is 8.47. The zero-order valence-corrected chi connectivity index (χ0v) is 18.1. The molecule has 0 spiro atoms. The zero-order valence-electron chi connectivity index (χ0n) is 18.1. The van der Waals surface area contributed by atoms with Gasteiger partial charge in [-0.05, 0) is 58.0 Å². The summed E-state index contributed by atoms with van der Waals surface area (Å²) in [5, 5.41) is 5.69. The fourth-order valence-electron chi connectivity index (χ4n) is 3.85. The molecule has 4 rings (SSSR count). The average molecular weight is 399 g/mol. The van der Waals surface area contributed by atoms with Gasteiger partial charge < -0.3 is 4.90 Å². The average Bonchev–Trinajstić information content (AvgIpc) is 3.02. The minimum absolute atomic E-state index is 0.0327. The van der Waals surface area contributed by atoms with Gasteiger partial charge in [-0.15, -0.1) is 0 Å². The van der Waals surface area contributed by atoms with Gasteiger partial charge in [0.1, 0.15) is 0 Å². The van der Waals surface area contributed by atoms with Gasteiger partial charge in [-0.3, -0.25) is 9.78 Å². The molecule has 0 unspecified atom stereocenters. The second kappa shape index (κ2) is 7.75. The van der Waals surface area contributed by atoms with Crippen LogP contribution in [-0.2, 0) is 6.54 Å². The number of hydrogen-bond acceptors (Lipinski definition) is 3. The number of para-hydroxylation sites is 1. The molecule has 0 atom stereocenters. The number of nitrogens with zero attached hydrogens (tertiary/aromatic N) is 4. The maximum absolute atomic E-state index is 13.3. The van der Waals surface area contributed by atoms with Crippen molar-refractivity contribution >= 4 is 16.8 Å².